The van der Waals surface area contributed by atoms with Crippen molar-refractivity contribution in [3.05, 3.63) is 93.3 Å². The number of thiazole rings is 1. The van der Waals surface area contributed by atoms with Crippen LogP contribution in [0, 0.1) is 0 Å². The van der Waals surface area contributed by atoms with Gasteiger partial charge in [-0.25, -0.2) is 4.98 Å². The minimum atomic E-state index is -4.35. The zero-order valence-corrected chi connectivity index (χ0v) is 20.8. The number of rotatable bonds is 9. The summed E-state index contributed by atoms with van der Waals surface area (Å²) in [5.41, 5.74) is 2.65. The molecule has 34 heavy (non-hydrogen) atoms. The van der Waals surface area contributed by atoms with E-state index in [1.54, 1.807) is 53.8 Å². The summed E-state index contributed by atoms with van der Waals surface area (Å²) >= 11 is 9.16. The Morgan fingerprint density at radius 2 is 1.85 bits per heavy atom. The molecule has 2 aromatic heterocycles. The van der Waals surface area contributed by atoms with Crippen molar-refractivity contribution in [2.75, 3.05) is 4.72 Å². The third-order valence-corrected chi connectivity index (χ3v) is 7.47. The number of anilines is 1. The molecule has 0 saturated heterocycles. The van der Waals surface area contributed by atoms with Crippen LogP contribution in [0.5, 0.6) is 0 Å². The van der Waals surface area contributed by atoms with E-state index in [0.717, 1.165) is 26.7 Å². The number of carbonyl (C=O) groups excluding carboxylic acids is 1. The second-order valence-electron chi connectivity index (χ2n) is 7.46. The van der Waals surface area contributed by atoms with Gasteiger partial charge in [0.25, 0.3) is 0 Å². The predicted octanol–water partition coefficient (Wildman–Crippen LogP) is 5.38. The molecule has 0 aliphatic rings. The molecule has 3 N–H and O–H groups in total. The van der Waals surface area contributed by atoms with Crippen LogP contribution in [-0.2, 0) is 27.9 Å². The van der Waals surface area contributed by atoms with Crippen LogP contribution in [0.1, 0.15) is 22.9 Å². The quantitative estimate of drug-likeness (QED) is 0.250. The summed E-state index contributed by atoms with van der Waals surface area (Å²) in [6.07, 6.45) is 0.622. The number of nitrogens with zero attached hydrogens (tertiary/aromatic N) is 1. The number of carbonyl (C=O) groups is 1. The van der Waals surface area contributed by atoms with Crippen molar-refractivity contribution in [1.82, 2.24) is 10.3 Å². The fraction of sp³-hybridized carbons (Fsp3) is 0.130. The van der Waals surface area contributed by atoms with Crippen LogP contribution in [0.3, 0.4) is 0 Å². The Hall–Kier alpha value is -2.76. The van der Waals surface area contributed by atoms with Gasteiger partial charge >= 0.3 is 10.3 Å². The molecule has 176 valence electrons. The average molecular weight is 534 g/mol. The fourth-order valence-electron chi connectivity index (χ4n) is 3.36. The number of hydrogen-bond acceptors (Lipinski definition) is 6. The van der Waals surface area contributed by atoms with Crippen LogP contribution in [0.4, 0.5) is 5.69 Å². The molecule has 0 aliphatic heterocycles. The van der Waals surface area contributed by atoms with E-state index < -0.39 is 16.3 Å². The topological polar surface area (TPSA) is 108 Å². The standard InChI is InChI=1S/C23H20ClN3O4S3/c24-17-4-1-3-16(11-17)13-22(28)25-19(20-14-33-23(26-20)21-5-2-10-32-21)12-15-6-8-18(9-7-15)27-34(29,30)31/h1-11,14,19,27H,12-13H2,(H,25,28)(H,29,30,31). The van der Waals surface area contributed by atoms with Crippen molar-refractivity contribution in [2.45, 2.75) is 18.9 Å². The normalized spacial score (nSPS) is 12.3. The molecule has 0 aliphatic carbocycles. The number of hydrogen-bond donors (Lipinski definition) is 3. The van der Waals surface area contributed by atoms with Crippen molar-refractivity contribution >= 4 is 56.2 Å². The summed E-state index contributed by atoms with van der Waals surface area (Å²) in [6, 6.07) is 17.3. The molecule has 1 amide bonds. The number of amides is 1. The summed E-state index contributed by atoms with van der Waals surface area (Å²) in [5, 5.41) is 8.45. The molecule has 11 heteroatoms. The van der Waals surface area contributed by atoms with Gasteiger partial charge < -0.3 is 5.32 Å². The predicted molar refractivity (Wildman–Crippen MR) is 137 cm³/mol. The molecule has 0 bridgehead atoms. The van der Waals surface area contributed by atoms with E-state index in [-0.39, 0.29) is 18.0 Å². The molecule has 0 spiro atoms. The number of halogens is 1. The molecule has 0 fully saturated rings. The van der Waals surface area contributed by atoms with Crippen molar-refractivity contribution < 1.29 is 17.8 Å². The van der Waals surface area contributed by atoms with E-state index in [1.165, 1.54) is 11.3 Å². The molecule has 4 aromatic rings. The first kappa shape index (κ1) is 24.4. The van der Waals surface area contributed by atoms with Crippen molar-refractivity contribution in [3.63, 3.8) is 0 Å². The van der Waals surface area contributed by atoms with Crippen molar-refractivity contribution in [1.29, 1.82) is 0 Å². The molecule has 2 aromatic carbocycles. The van der Waals surface area contributed by atoms with Gasteiger partial charge in [0.2, 0.25) is 5.91 Å². The molecule has 7 nitrogen and oxygen atoms in total. The first-order valence-electron chi connectivity index (χ1n) is 10.1. The van der Waals surface area contributed by atoms with Gasteiger partial charge in [-0.3, -0.25) is 14.1 Å². The number of aromatic nitrogens is 1. The summed E-state index contributed by atoms with van der Waals surface area (Å²) < 4.78 is 33.0. The van der Waals surface area contributed by atoms with E-state index >= 15 is 0 Å². The number of benzene rings is 2. The summed E-state index contributed by atoms with van der Waals surface area (Å²) in [4.78, 5) is 18.7. The zero-order chi connectivity index (χ0) is 24.1. The highest BCUT2D eigenvalue weighted by Crippen LogP contribution is 2.31. The monoisotopic (exact) mass is 533 g/mol. The lowest BCUT2D eigenvalue weighted by atomic mass is 10.0. The lowest BCUT2D eigenvalue weighted by Crippen LogP contribution is -2.31. The SMILES string of the molecule is O=C(Cc1cccc(Cl)c1)NC(Cc1ccc(NS(=O)(=O)O)cc1)c1csc(-c2cccs2)n1. The Kier molecular flexibility index (Phi) is 7.64. The molecular formula is C23H20ClN3O4S3. The highest BCUT2D eigenvalue weighted by molar-refractivity contribution is 7.87. The van der Waals surface area contributed by atoms with Crippen LogP contribution in [0.2, 0.25) is 5.02 Å². The molecule has 1 atom stereocenters. The molecule has 4 rings (SSSR count). The number of thiophene rings is 1. The minimum absolute atomic E-state index is 0.164. The summed E-state index contributed by atoms with van der Waals surface area (Å²) in [7, 11) is -4.35. The third kappa shape index (κ3) is 6.87. The van der Waals surface area contributed by atoms with E-state index in [0.29, 0.717) is 11.4 Å². The Morgan fingerprint density at radius 3 is 2.53 bits per heavy atom. The van der Waals surface area contributed by atoms with Crippen LogP contribution < -0.4 is 10.0 Å². The molecule has 0 radical (unpaired) electrons. The van der Waals surface area contributed by atoms with Crippen LogP contribution >= 0.6 is 34.3 Å². The smallest absolute Gasteiger partial charge is 0.347 e. The Morgan fingerprint density at radius 1 is 1.06 bits per heavy atom. The van der Waals surface area contributed by atoms with Crippen LogP contribution in [0.25, 0.3) is 9.88 Å². The first-order chi connectivity index (χ1) is 16.2. The van der Waals surface area contributed by atoms with Crippen LogP contribution in [0.15, 0.2) is 71.4 Å². The highest BCUT2D eigenvalue weighted by atomic mass is 35.5. The number of nitrogens with one attached hydrogen (secondary N) is 2. The van der Waals surface area contributed by atoms with Gasteiger partial charge in [-0.05, 0) is 53.3 Å². The molecule has 2 heterocycles. The van der Waals surface area contributed by atoms with Crippen molar-refractivity contribution in [3.8, 4) is 9.88 Å². The maximum atomic E-state index is 12.9. The lowest BCUT2D eigenvalue weighted by molar-refractivity contribution is -0.121. The van der Waals surface area contributed by atoms with E-state index in [9.17, 15) is 13.2 Å². The maximum absolute atomic E-state index is 12.9. The Bertz CT molecular complexity index is 1370. The van der Waals surface area contributed by atoms with Gasteiger partial charge in [0.1, 0.15) is 5.01 Å². The minimum Gasteiger partial charge on any atom is -0.347 e. The average Bonchev–Trinajstić information content (AvgIpc) is 3.46. The second-order valence-corrected chi connectivity index (χ2v) is 10.9. The van der Waals surface area contributed by atoms with Gasteiger partial charge in [0.05, 0.1) is 28.7 Å². The second kappa shape index (κ2) is 10.7. The van der Waals surface area contributed by atoms with Gasteiger partial charge in [-0.1, -0.05) is 41.9 Å². The van der Waals surface area contributed by atoms with E-state index in [2.05, 4.69) is 5.32 Å². The van der Waals surface area contributed by atoms with E-state index in [4.69, 9.17) is 21.1 Å². The zero-order valence-electron chi connectivity index (χ0n) is 17.6. The highest BCUT2D eigenvalue weighted by Gasteiger charge is 2.20. The lowest BCUT2D eigenvalue weighted by Gasteiger charge is -2.18. The molecule has 1 unspecified atom stereocenters. The molecule has 0 saturated carbocycles. The first-order valence-corrected chi connectivity index (χ1v) is 13.7. The Balaban J connectivity index is 1.54. The molecular weight excluding hydrogens is 514 g/mol. The van der Waals surface area contributed by atoms with E-state index in [1.807, 2.05) is 33.7 Å². The van der Waals surface area contributed by atoms with Crippen molar-refractivity contribution in [2.24, 2.45) is 0 Å². The maximum Gasteiger partial charge on any atom is 0.357 e. The van der Waals surface area contributed by atoms with Gasteiger partial charge in [0.15, 0.2) is 0 Å². The fourth-order valence-corrected chi connectivity index (χ4v) is 5.69. The van der Waals surface area contributed by atoms with Gasteiger partial charge in [-0.15, -0.1) is 22.7 Å². The Labute approximate surface area is 210 Å². The third-order valence-electron chi connectivity index (χ3n) is 4.84. The summed E-state index contributed by atoms with van der Waals surface area (Å²) in [5.74, 6) is -0.164. The largest absolute Gasteiger partial charge is 0.357 e. The van der Waals surface area contributed by atoms with Gasteiger partial charge in [0, 0.05) is 10.4 Å². The van der Waals surface area contributed by atoms with Gasteiger partial charge in [-0.2, -0.15) is 8.42 Å². The van der Waals surface area contributed by atoms with Crippen LogP contribution in [-0.4, -0.2) is 23.9 Å². The summed E-state index contributed by atoms with van der Waals surface area (Å²) in [6.45, 7) is 0.